The summed E-state index contributed by atoms with van der Waals surface area (Å²) in [6.45, 7) is 9.31. The standard InChI is InChI=1S/C28H33FN4O7/c1-16-31-32-23(40-16)20(35)14-28(5,6)25-30-21(19(34)13-10-17-8-11-18(29)12-9-17)22(24(36)33(25)7)38-15-39-26(37)27(2,3)4/h8-9,11-12H,10,13-15H2,1-7H3. The highest BCUT2D eigenvalue weighted by Crippen LogP contribution is 2.28. The van der Waals surface area contributed by atoms with Gasteiger partial charge in [-0.15, -0.1) is 10.2 Å². The summed E-state index contributed by atoms with van der Waals surface area (Å²) in [5.41, 5.74) is -2.10. The fourth-order valence-corrected chi connectivity index (χ4v) is 3.86. The number of esters is 1. The minimum atomic E-state index is -1.05. The molecule has 2 aromatic heterocycles. The van der Waals surface area contributed by atoms with Crippen molar-refractivity contribution >= 4 is 17.5 Å². The monoisotopic (exact) mass is 556 g/mol. The SMILES string of the molecule is Cc1nnc(C(=O)CC(C)(C)c2nc(C(=O)CCc3ccc(F)cc3)c(OCOC(=O)C(C)(C)C)c(=O)n2C)o1. The molecule has 214 valence electrons. The first-order chi connectivity index (χ1) is 18.6. The van der Waals surface area contributed by atoms with Crippen molar-refractivity contribution in [3.63, 3.8) is 0 Å². The highest BCUT2D eigenvalue weighted by Gasteiger charge is 2.34. The van der Waals surface area contributed by atoms with Crippen LogP contribution >= 0.6 is 0 Å². The Labute approximate surface area is 230 Å². The Balaban J connectivity index is 1.96. The number of ketones is 2. The van der Waals surface area contributed by atoms with Crippen molar-refractivity contribution in [2.75, 3.05) is 6.79 Å². The lowest BCUT2D eigenvalue weighted by atomic mass is 9.85. The molecule has 0 bridgehead atoms. The Morgan fingerprint density at radius 1 is 1.02 bits per heavy atom. The molecule has 0 aliphatic heterocycles. The molecule has 0 amide bonds. The molecule has 0 N–H and O–H groups in total. The predicted octanol–water partition coefficient (Wildman–Crippen LogP) is 3.90. The van der Waals surface area contributed by atoms with Crippen molar-refractivity contribution in [3.05, 3.63) is 69.3 Å². The van der Waals surface area contributed by atoms with E-state index >= 15 is 0 Å². The van der Waals surface area contributed by atoms with E-state index in [9.17, 15) is 23.6 Å². The second kappa shape index (κ2) is 11.9. The molecule has 0 radical (unpaired) electrons. The molecule has 0 fully saturated rings. The molecule has 0 aliphatic rings. The lowest BCUT2D eigenvalue weighted by Gasteiger charge is -2.26. The second-order valence-electron chi connectivity index (χ2n) is 11.1. The van der Waals surface area contributed by atoms with Crippen molar-refractivity contribution < 1.29 is 32.7 Å². The minimum absolute atomic E-state index is 0.0655. The quantitative estimate of drug-likeness (QED) is 0.194. The number of halogens is 1. The zero-order valence-electron chi connectivity index (χ0n) is 23.7. The second-order valence-corrected chi connectivity index (χ2v) is 11.1. The van der Waals surface area contributed by atoms with Crippen molar-refractivity contribution in [1.82, 2.24) is 19.7 Å². The number of rotatable bonds is 11. The number of aryl methyl sites for hydroxylation is 2. The number of carbonyl (C=O) groups excluding carboxylic acids is 3. The number of hydrogen-bond acceptors (Lipinski definition) is 10. The maximum absolute atomic E-state index is 13.4. The number of Topliss-reactive ketones (excluding diaryl/α,β-unsaturated/α-hetero) is 2. The van der Waals surface area contributed by atoms with E-state index in [1.807, 2.05) is 0 Å². The molecule has 0 saturated carbocycles. The molecule has 0 atom stereocenters. The molecule has 11 nitrogen and oxygen atoms in total. The summed E-state index contributed by atoms with van der Waals surface area (Å²) in [7, 11) is 1.44. The molecular weight excluding hydrogens is 523 g/mol. The summed E-state index contributed by atoms with van der Waals surface area (Å²) >= 11 is 0. The van der Waals surface area contributed by atoms with E-state index in [1.54, 1.807) is 53.7 Å². The molecule has 0 aliphatic carbocycles. The van der Waals surface area contributed by atoms with Crippen LogP contribution in [0.25, 0.3) is 0 Å². The van der Waals surface area contributed by atoms with E-state index in [-0.39, 0.29) is 48.3 Å². The van der Waals surface area contributed by atoms with E-state index in [4.69, 9.17) is 13.9 Å². The Morgan fingerprint density at radius 3 is 2.25 bits per heavy atom. The molecule has 3 aromatic rings. The van der Waals surface area contributed by atoms with Crippen molar-refractivity contribution in [2.45, 2.75) is 66.2 Å². The van der Waals surface area contributed by atoms with Gasteiger partial charge in [-0.3, -0.25) is 23.7 Å². The van der Waals surface area contributed by atoms with Gasteiger partial charge in [0.1, 0.15) is 11.6 Å². The Bertz CT molecular complexity index is 1470. The molecule has 12 heteroatoms. The van der Waals surface area contributed by atoms with Crippen LogP contribution in [0.5, 0.6) is 5.75 Å². The number of hydrogen-bond donors (Lipinski definition) is 0. The van der Waals surface area contributed by atoms with Crippen LogP contribution in [0.2, 0.25) is 0 Å². The van der Waals surface area contributed by atoms with Gasteiger partial charge in [-0.25, -0.2) is 9.37 Å². The average Bonchev–Trinajstić information content (AvgIpc) is 3.31. The van der Waals surface area contributed by atoms with Crippen LogP contribution in [-0.2, 0) is 28.4 Å². The first-order valence-corrected chi connectivity index (χ1v) is 12.6. The third-order valence-electron chi connectivity index (χ3n) is 6.05. The maximum Gasteiger partial charge on any atom is 0.314 e. The first kappa shape index (κ1) is 30.3. The van der Waals surface area contributed by atoms with Crippen LogP contribution < -0.4 is 10.3 Å². The maximum atomic E-state index is 13.4. The fourth-order valence-electron chi connectivity index (χ4n) is 3.86. The lowest BCUT2D eigenvalue weighted by Crippen LogP contribution is -2.36. The summed E-state index contributed by atoms with van der Waals surface area (Å²) in [5.74, 6) is -2.12. The van der Waals surface area contributed by atoms with Gasteiger partial charge in [-0.2, -0.15) is 0 Å². The van der Waals surface area contributed by atoms with E-state index in [0.717, 1.165) is 0 Å². The number of benzene rings is 1. The molecule has 3 rings (SSSR count). The largest absolute Gasteiger partial charge is 0.449 e. The average molecular weight is 557 g/mol. The normalized spacial score (nSPS) is 11.8. The topological polar surface area (TPSA) is 143 Å². The van der Waals surface area contributed by atoms with E-state index < -0.39 is 46.5 Å². The molecule has 2 heterocycles. The molecule has 0 saturated heterocycles. The zero-order valence-corrected chi connectivity index (χ0v) is 23.7. The van der Waals surface area contributed by atoms with Crippen molar-refractivity contribution in [3.8, 4) is 5.75 Å². The van der Waals surface area contributed by atoms with Crippen LogP contribution in [-0.4, -0.2) is 44.1 Å². The molecule has 1 aromatic carbocycles. The van der Waals surface area contributed by atoms with Gasteiger partial charge < -0.3 is 13.9 Å². The van der Waals surface area contributed by atoms with Crippen LogP contribution in [0, 0.1) is 18.2 Å². The number of aromatic nitrogens is 4. The first-order valence-electron chi connectivity index (χ1n) is 12.6. The van der Waals surface area contributed by atoms with Crippen LogP contribution in [0.1, 0.15) is 85.9 Å². The Hall–Kier alpha value is -4.22. The van der Waals surface area contributed by atoms with Gasteiger partial charge in [0.15, 0.2) is 11.5 Å². The summed E-state index contributed by atoms with van der Waals surface area (Å²) in [5, 5.41) is 7.42. The molecule has 40 heavy (non-hydrogen) atoms. The Morgan fingerprint density at radius 2 is 1.68 bits per heavy atom. The van der Waals surface area contributed by atoms with Gasteiger partial charge in [0.25, 0.3) is 11.4 Å². The van der Waals surface area contributed by atoms with Crippen molar-refractivity contribution in [2.24, 2.45) is 12.5 Å². The summed E-state index contributed by atoms with van der Waals surface area (Å²) < 4.78 is 30.3. The van der Waals surface area contributed by atoms with Gasteiger partial charge >= 0.3 is 5.97 Å². The third kappa shape index (κ3) is 7.25. The van der Waals surface area contributed by atoms with E-state index in [1.165, 1.54) is 23.7 Å². The van der Waals surface area contributed by atoms with E-state index in [2.05, 4.69) is 15.2 Å². The van der Waals surface area contributed by atoms with Gasteiger partial charge in [-0.1, -0.05) is 26.0 Å². The molecule has 0 spiro atoms. The van der Waals surface area contributed by atoms with E-state index in [0.29, 0.717) is 5.56 Å². The van der Waals surface area contributed by atoms with Crippen molar-refractivity contribution in [1.29, 1.82) is 0 Å². The number of ether oxygens (including phenoxy) is 2. The zero-order chi connectivity index (χ0) is 29.8. The number of nitrogens with zero attached hydrogens (tertiary/aromatic N) is 4. The summed E-state index contributed by atoms with van der Waals surface area (Å²) in [6.07, 6.45) is 0.0354. The van der Waals surface area contributed by atoms with Crippen LogP contribution in [0.3, 0.4) is 0 Å². The molecular formula is C28H33FN4O7. The van der Waals surface area contributed by atoms with Gasteiger partial charge in [0, 0.05) is 32.2 Å². The Kier molecular flexibility index (Phi) is 9.01. The van der Waals surface area contributed by atoms with Crippen LogP contribution in [0.15, 0.2) is 33.5 Å². The van der Waals surface area contributed by atoms with Gasteiger partial charge in [0.2, 0.25) is 24.2 Å². The third-order valence-corrected chi connectivity index (χ3v) is 6.05. The highest BCUT2D eigenvalue weighted by molar-refractivity contribution is 5.97. The summed E-state index contributed by atoms with van der Waals surface area (Å²) in [4.78, 5) is 56.3. The van der Waals surface area contributed by atoms with Gasteiger partial charge in [-0.05, 0) is 44.9 Å². The fraction of sp³-hybridized carbons (Fsp3) is 0.464. The minimum Gasteiger partial charge on any atom is -0.449 e. The smallest absolute Gasteiger partial charge is 0.314 e. The highest BCUT2D eigenvalue weighted by atomic mass is 19.1. The lowest BCUT2D eigenvalue weighted by molar-refractivity contribution is -0.159. The van der Waals surface area contributed by atoms with Gasteiger partial charge in [0.05, 0.1) is 5.41 Å². The molecule has 0 unspecified atom stereocenters. The summed E-state index contributed by atoms with van der Waals surface area (Å²) in [6, 6.07) is 5.69. The van der Waals surface area contributed by atoms with Crippen LogP contribution in [0.4, 0.5) is 4.39 Å². The number of carbonyl (C=O) groups is 3. The predicted molar refractivity (Wildman–Crippen MR) is 141 cm³/mol.